The second-order valence-corrected chi connectivity index (χ2v) is 6.43. The van der Waals surface area contributed by atoms with Crippen molar-refractivity contribution in [1.29, 1.82) is 0 Å². The highest BCUT2D eigenvalue weighted by atomic mass is 35.5. The number of anilines is 1. The molecule has 5 heteroatoms. The van der Waals surface area contributed by atoms with Crippen LogP contribution in [0.15, 0.2) is 48.5 Å². The van der Waals surface area contributed by atoms with Gasteiger partial charge in [0.1, 0.15) is 0 Å². The highest BCUT2D eigenvalue weighted by Crippen LogP contribution is 2.14. The smallest absolute Gasteiger partial charge is 0.226 e. The van der Waals surface area contributed by atoms with Gasteiger partial charge in [0.05, 0.1) is 0 Å². The average Bonchev–Trinajstić information content (AvgIpc) is 2.58. The fraction of sp³-hybridized carbons (Fsp3) is 0.300. The van der Waals surface area contributed by atoms with Crippen LogP contribution >= 0.6 is 11.6 Å². The molecule has 2 aromatic rings. The Labute approximate surface area is 153 Å². The van der Waals surface area contributed by atoms with Crippen molar-refractivity contribution >= 4 is 29.1 Å². The Bertz CT molecular complexity index is 729. The number of nitrogens with zero attached hydrogens (tertiary/aromatic N) is 1. The second-order valence-electron chi connectivity index (χ2n) is 6.00. The Kier molecular flexibility index (Phi) is 7.02. The molecule has 0 atom stereocenters. The zero-order valence-electron chi connectivity index (χ0n) is 14.6. The largest absolute Gasteiger partial charge is 0.342 e. The summed E-state index contributed by atoms with van der Waals surface area (Å²) in [7, 11) is 0. The molecule has 0 spiro atoms. The molecule has 0 heterocycles. The first-order valence-corrected chi connectivity index (χ1v) is 8.69. The molecule has 0 saturated carbocycles. The summed E-state index contributed by atoms with van der Waals surface area (Å²) < 4.78 is 0. The zero-order chi connectivity index (χ0) is 18.2. The van der Waals surface area contributed by atoms with Gasteiger partial charge < -0.3 is 10.2 Å². The number of aryl methyl sites for hydroxylation is 1. The summed E-state index contributed by atoms with van der Waals surface area (Å²) in [6.07, 6.45) is 1.00. The first-order valence-electron chi connectivity index (χ1n) is 8.31. The Morgan fingerprint density at radius 2 is 1.72 bits per heavy atom. The van der Waals surface area contributed by atoms with Crippen LogP contribution in [0.25, 0.3) is 0 Å². The molecule has 0 saturated heterocycles. The molecule has 0 aromatic heterocycles. The van der Waals surface area contributed by atoms with E-state index in [1.165, 1.54) is 6.92 Å². The number of rotatable bonds is 7. The van der Waals surface area contributed by atoms with E-state index in [1.54, 1.807) is 4.90 Å². The maximum atomic E-state index is 12.1. The van der Waals surface area contributed by atoms with E-state index in [0.717, 1.165) is 23.2 Å². The fourth-order valence-corrected chi connectivity index (χ4v) is 2.63. The standard InChI is InChI=1S/C20H23ClN2O2/c1-15-5-3-4-6-19(15)22-20(25)12-14-23(16(2)24)13-11-17-7-9-18(21)10-8-17/h3-10H,11-14H2,1-2H3,(H,22,25). The van der Waals surface area contributed by atoms with Gasteiger partial charge >= 0.3 is 0 Å². The van der Waals surface area contributed by atoms with Gasteiger partial charge in [0.2, 0.25) is 11.8 Å². The lowest BCUT2D eigenvalue weighted by Gasteiger charge is -2.21. The number of halogens is 1. The molecule has 4 nitrogen and oxygen atoms in total. The van der Waals surface area contributed by atoms with Gasteiger partial charge in [0, 0.05) is 37.1 Å². The van der Waals surface area contributed by atoms with E-state index in [9.17, 15) is 9.59 Å². The number of benzene rings is 2. The minimum atomic E-state index is -0.0907. The third kappa shape index (κ3) is 6.24. The van der Waals surface area contributed by atoms with Crippen molar-refractivity contribution in [2.75, 3.05) is 18.4 Å². The summed E-state index contributed by atoms with van der Waals surface area (Å²) in [6.45, 7) is 4.46. The molecule has 0 unspecified atom stereocenters. The van der Waals surface area contributed by atoms with E-state index in [4.69, 9.17) is 11.6 Å². The van der Waals surface area contributed by atoms with Crippen LogP contribution in [-0.4, -0.2) is 29.8 Å². The highest BCUT2D eigenvalue weighted by molar-refractivity contribution is 6.30. The van der Waals surface area contributed by atoms with E-state index < -0.39 is 0 Å². The molecular formula is C20H23ClN2O2. The van der Waals surface area contributed by atoms with Crippen LogP contribution in [0, 0.1) is 6.92 Å². The SMILES string of the molecule is CC(=O)N(CCC(=O)Nc1ccccc1C)CCc1ccc(Cl)cc1. The van der Waals surface area contributed by atoms with Crippen molar-refractivity contribution in [2.45, 2.75) is 26.7 Å². The van der Waals surface area contributed by atoms with Crippen molar-refractivity contribution in [1.82, 2.24) is 4.90 Å². The number of carbonyl (C=O) groups excluding carboxylic acids is 2. The van der Waals surface area contributed by atoms with E-state index in [0.29, 0.717) is 18.1 Å². The van der Waals surface area contributed by atoms with E-state index in [1.807, 2.05) is 55.5 Å². The van der Waals surface area contributed by atoms with Gasteiger partial charge in [-0.15, -0.1) is 0 Å². The summed E-state index contributed by atoms with van der Waals surface area (Å²) in [4.78, 5) is 25.7. The van der Waals surface area contributed by atoms with Gasteiger partial charge in [0.25, 0.3) is 0 Å². The number of carbonyl (C=O) groups is 2. The van der Waals surface area contributed by atoms with Crippen LogP contribution in [0.4, 0.5) is 5.69 Å². The lowest BCUT2D eigenvalue weighted by atomic mass is 10.1. The monoisotopic (exact) mass is 358 g/mol. The Morgan fingerprint density at radius 1 is 1.04 bits per heavy atom. The molecule has 132 valence electrons. The molecule has 1 N–H and O–H groups in total. The fourth-order valence-electron chi connectivity index (χ4n) is 2.50. The minimum absolute atomic E-state index is 0.0299. The number of amides is 2. The van der Waals surface area contributed by atoms with Crippen LogP contribution in [0.3, 0.4) is 0 Å². The van der Waals surface area contributed by atoms with Crippen LogP contribution in [0.2, 0.25) is 5.02 Å². The molecular weight excluding hydrogens is 336 g/mol. The Morgan fingerprint density at radius 3 is 2.36 bits per heavy atom. The van der Waals surface area contributed by atoms with Crippen LogP contribution < -0.4 is 5.32 Å². The summed E-state index contributed by atoms with van der Waals surface area (Å²) in [5, 5.41) is 3.59. The topological polar surface area (TPSA) is 49.4 Å². The molecule has 0 radical (unpaired) electrons. The van der Waals surface area contributed by atoms with Crippen LogP contribution in [0.5, 0.6) is 0 Å². The maximum absolute atomic E-state index is 12.1. The Hall–Kier alpha value is -2.33. The van der Waals surface area contributed by atoms with Crippen molar-refractivity contribution in [3.05, 3.63) is 64.7 Å². The molecule has 0 aliphatic heterocycles. The molecule has 0 bridgehead atoms. The molecule has 0 aliphatic rings. The maximum Gasteiger partial charge on any atom is 0.226 e. The van der Waals surface area contributed by atoms with E-state index >= 15 is 0 Å². The highest BCUT2D eigenvalue weighted by Gasteiger charge is 2.12. The predicted octanol–water partition coefficient (Wildman–Crippen LogP) is 4.07. The van der Waals surface area contributed by atoms with Gasteiger partial charge in [-0.05, 0) is 42.7 Å². The molecule has 2 aromatic carbocycles. The lowest BCUT2D eigenvalue weighted by molar-refractivity contribution is -0.129. The normalized spacial score (nSPS) is 10.4. The van der Waals surface area contributed by atoms with Crippen molar-refractivity contribution < 1.29 is 9.59 Å². The first kappa shape index (κ1) is 19.0. The Balaban J connectivity index is 1.84. The number of hydrogen-bond acceptors (Lipinski definition) is 2. The molecule has 2 rings (SSSR count). The predicted molar refractivity (Wildman–Crippen MR) is 102 cm³/mol. The molecule has 25 heavy (non-hydrogen) atoms. The third-order valence-electron chi connectivity index (χ3n) is 4.06. The molecule has 2 amide bonds. The second kappa shape index (κ2) is 9.23. The van der Waals surface area contributed by atoms with Crippen molar-refractivity contribution in [3.63, 3.8) is 0 Å². The van der Waals surface area contributed by atoms with E-state index in [-0.39, 0.29) is 18.2 Å². The van der Waals surface area contributed by atoms with Gasteiger partial charge in [-0.25, -0.2) is 0 Å². The summed E-state index contributed by atoms with van der Waals surface area (Å²) in [5.41, 5.74) is 2.94. The lowest BCUT2D eigenvalue weighted by Crippen LogP contribution is -2.33. The zero-order valence-corrected chi connectivity index (χ0v) is 15.3. The quantitative estimate of drug-likeness (QED) is 0.811. The third-order valence-corrected chi connectivity index (χ3v) is 4.31. The minimum Gasteiger partial charge on any atom is -0.342 e. The van der Waals surface area contributed by atoms with Gasteiger partial charge in [-0.2, -0.15) is 0 Å². The van der Waals surface area contributed by atoms with Crippen molar-refractivity contribution in [2.24, 2.45) is 0 Å². The molecule has 0 aliphatic carbocycles. The van der Waals surface area contributed by atoms with E-state index in [2.05, 4.69) is 5.32 Å². The summed E-state index contributed by atoms with van der Waals surface area (Å²) in [5.74, 6) is -0.121. The van der Waals surface area contributed by atoms with Crippen LogP contribution in [0.1, 0.15) is 24.5 Å². The van der Waals surface area contributed by atoms with Crippen LogP contribution in [-0.2, 0) is 16.0 Å². The number of para-hydroxylation sites is 1. The van der Waals surface area contributed by atoms with Gasteiger partial charge in [0.15, 0.2) is 0 Å². The summed E-state index contributed by atoms with van der Waals surface area (Å²) in [6, 6.07) is 15.2. The first-order chi connectivity index (χ1) is 12.0. The van der Waals surface area contributed by atoms with Gasteiger partial charge in [-0.3, -0.25) is 9.59 Å². The van der Waals surface area contributed by atoms with Crippen molar-refractivity contribution in [3.8, 4) is 0 Å². The number of hydrogen-bond donors (Lipinski definition) is 1. The van der Waals surface area contributed by atoms with Gasteiger partial charge in [-0.1, -0.05) is 41.9 Å². The molecule has 0 fully saturated rings. The number of nitrogens with one attached hydrogen (secondary N) is 1. The summed E-state index contributed by atoms with van der Waals surface area (Å²) >= 11 is 5.88. The average molecular weight is 359 g/mol.